The predicted octanol–water partition coefficient (Wildman–Crippen LogP) is 4.21. The number of benzene rings is 1. The molecule has 0 amide bonds. The van der Waals surface area contributed by atoms with Gasteiger partial charge >= 0.3 is 0 Å². The average Bonchev–Trinajstić information content (AvgIpc) is 3.55. The monoisotopic (exact) mass is 488 g/mol. The lowest BCUT2D eigenvalue weighted by Crippen LogP contribution is -2.20. The third kappa shape index (κ3) is 4.42. The highest BCUT2D eigenvalue weighted by Gasteiger charge is 2.22. The molecule has 0 aliphatic rings. The number of hydrogen-bond donors (Lipinski definition) is 1. The first kappa shape index (κ1) is 23.2. The molecule has 0 unspecified atom stereocenters. The molecule has 4 aromatic heterocycles. The SMILES string of the molecule is CCc1c[nH]c(CN(c2ccc3ncc(-c4cnn(C)c4)nc3n2)c2cc(OC)cc(OC)c2F)n1. The highest BCUT2D eigenvalue weighted by atomic mass is 19.1. The van der Waals surface area contributed by atoms with E-state index in [0.29, 0.717) is 34.2 Å². The lowest BCUT2D eigenvalue weighted by molar-refractivity contribution is 0.374. The van der Waals surface area contributed by atoms with E-state index in [0.717, 1.165) is 17.7 Å². The molecule has 4 heterocycles. The van der Waals surface area contributed by atoms with Gasteiger partial charge < -0.3 is 19.4 Å². The number of H-pyrrole nitrogens is 1. The van der Waals surface area contributed by atoms with Gasteiger partial charge in [-0.2, -0.15) is 5.10 Å². The van der Waals surface area contributed by atoms with Gasteiger partial charge in [-0.15, -0.1) is 0 Å². The number of aromatic amines is 1. The largest absolute Gasteiger partial charge is 0.497 e. The molecule has 0 aliphatic heterocycles. The zero-order chi connectivity index (χ0) is 25.2. The second-order valence-corrected chi connectivity index (χ2v) is 8.11. The minimum atomic E-state index is -0.544. The molecular weight excluding hydrogens is 463 g/mol. The van der Waals surface area contributed by atoms with Crippen molar-refractivity contribution in [3.63, 3.8) is 0 Å². The fraction of sp³-hybridized carbons (Fsp3) is 0.240. The van der Waals surface area contributed by atoms with Crippen LogP contribution >= 0.6 is 0 Å². The third-order valence-corrected chi connectivity index (χ3v) is 5.76. The molecule has 5 rings (SSSR count). The number of aromatic nitrogens is 7. The van der Waals surface area contributed by atoms with E-state index in [1.807, 2.05) is 26.4 Å². The Balaban J connectivity index is 1.64. The lowest BCUT2D eigenvalue weighted by Gasteiger charge is -2.25. The fourth-order valence-corrected chi connectivity index (χ4v) is 3.86. The van der Waals surface area contributed by atoms with Crippen molar-refractivity contribution in [3.8, 4) is 22.8 Å². The van der Waals surface area contributed by atoms with Crippen molar-refractivity contribution in [2.75, 3.05) is 19.1 Å². The van der Waals surface area contributed by atoms with Crippen molar-refractivity contribution in [2.24, 2.45) is 7.05 Å². The van der Waals surface area contributed by atoms with Crippen LogP contribution in [0, 0.1) is 5.82 Å². The molecule has 5 aromatic rings. The summed E-state index contributed by atoms with van der Waals surface area (Å²) in [7, 11) is 4.77. The van der Waals surface area contributed by atoms with Crippen molar-refractivity contribution in [3.05, 3.63) is 66.4 Å². The minimum absolute atomic E-state index is 0.0579. The Hall–Kier alpha value is -4.54. The maximum absolute atomic E-state index is 15.6. The number of aryl methyl sites for hydroxylation is 2. The number of halogens is 1. The molecule has 11 heteroatoms. The van der Waals surface area contributed by atoms with Crippen LogP contribution in [-0.4, -0.2) is 48.9 Å². The Morgan fingerprint density at radius 2 is 1.94 bits per heavy atom. The zero-order valence-electron chi connectivity index (χ0n) is 20.4. The fourth-order valence-electron chi connectivity index (χ4n) is 3.86. The van der Waals surface area contributed by atoms with Crippen molar-refractivity contribution in [1.29, 1.82) is 0 Å². The second-order valence-electron chi connectivity index (χ2n) is 8.11. The first-order valence-corrected chi connectivity index (χ1v) is 11.3. The molecule has 0 radical (unpaired) electrons. The molecular formula is C25H25FN8O2. The summed E-state index contributed by atoms with van der Waals surface area (Å²) in [6.07, 6.45) is 7.87. The smallest absolute Gasteiger partial charge is 0.188 e. The van der Waals surface area contributed by atoms with E-state index in [-0.39, 0.29) is 18.0 Å². The van der Waals surface area contributed by atoms with Gasteiger partial charge in [-0.25, -0.2) is 19.3 Å². The molecule has 0 saturated heterocycles. The van der Waals surface area contributed by atoms with Crippen LogP contribution in [0.1, 0.15) is 18.4 Å². The highest BCUT2D eigenvalue weighted by Crippen LogP contribution is 2.37. The maximum atomic E-state index is 15.6. The van der Waals surface area contributed by atoms with Gasteiger partial charge in [-0.3, -0.25) is 9.67 Å². The van der Waals surface area contributed by atoms with Crippen LogP contribution in [0.4, 0.5) is 15.9 Å². The number of methoxy groups -OCH3 is 2. The molecule has 1 aromatic carbocycles. The number of hydrogen-bond acceptors (Lipinski definition) is 8. The van der Waals surface area contributed by atoms with E-state index in [2.05, 4.69) is 25.0 Å². The summed E-state index contributed by atoms with van der Waals surface area (Å²) in [5.74, 6) is 1.08. The van der Waals surface area contributed by atoms with Crippen LogP contribution in [0.5, 0.6) is 11.5 Å². The molecule has 0 spiro atoms. The maximum Gasteiger partial charge on any atom is 0.188 e. The summed E-state index contributed by atoms with van der Waals surface area (Å²) in [4.78, 5) is 23.4. The number of fused-ring (bicyclic) bond motifs is 1. The van der Waals surface area contributed by atoms with E-state index < -0.39 is 5.82 Å². The number of anilines is 2. The number of imidazole rings is 1. The van der Waals surface area contributed by atoms with Crippen LogP contribution in [-0.2, 0) is 20.0 Å². The summed E-state index contributed by atoms with van der Waals surface area (Å²) in [5.41, 5.74) is 3.63. The standard InChI is InChI=1S/C25H25FN8O2/c1-5-16-11-28-22(30-16)14-34(20-8-17(35-3)9-21(36-4)24(20)26)23-7-6-18-25(32-23)31-19(12-27-18)15-10-29-33(2)13-15/h6-13H,5,14H2,1-4H3,(H,28,30). The van der Waals surface area contributed by atoms with Gasteiger partial charge in [0.15, 0.2) is 17.2 Å². The molecule has 0 aliphatic carbocycles. The number of nitrogens with zero attached hydrogens (tertiary/aromatic N) is 7. The Kier molecular flexibility index (Phi) is 6.19. The summed E-state index contributed by atoms with van der Waals surface area (Å²) in [6.45, 7) is 2.25. The second kappa shape index (κ2) is 9.61. The molecule has 0 saturated carbocycles. The van der Waals surface area contributed by atoms with E-state index >= 15 is 4.39 Å². The van der Waals surface area contributed by atoms with E-state index in [1.54, 1.807) is 40.2 Å². The predicted molar refractivity (Wildman–Crippen MR) is 133 cm³/mol. The van der Waals surface area contributed by atoms with Crippen molar-refractivity contribution < 1.29 is 13.9 Å². The van der Waals surface area contributed by atoms with Crippen LogP contribution < -0.4 is 14.4 Å². The average molecular weight is 489 g/mol. The van der Waals surface area contributed by atoms with Gasteiger partial charge in [0.05, 0.1) is 50.2 Å². The van der Waals surface area contributed by atoms with Crippen LogP contribution in [0.25, 0.3) is 22.4 Å². The van der Waals surface area contributed by atoms with Gasteiger partial charge in [0.2, 0.25) is 0 Å². The minimum Gasteiger partial charge on any atom is -0.497 e. The van der Waals surface area contributed by atoms with Gasteiger partial charge in [0.1, 0.15) is 22.9 Å². The van der Waals surface area contributed by atoms with Gasteiger partial charge in [-0.05, 0) is 18.6 Å². The first-order chi connectivity index (χ1) is 17.5. The van der Waals surface area contributed by atoms with Crippen LogP contribution in [0.2, 0.25) is 0 Å². The summed E-state index contributed by atoms with van der Waals surface area (Å²) in [6, 6.07) is 6.68. The number of pyridine rings is 1. The summed E-state index contributed by atoms with van der Waals surface area (Å²) >= 11 is 0. The topological polar surface area (TPSA) is 107 Å². The van der Waals surface area contributed by atoms with Gasteiger partial charge in [0, 0.05) is 37.1 Å². The highest BCUT2D eigenvalue weighted by molar-refractivity contribution is 5.77. The van der Waals surface area contributed by atoms with E-state index in [1.165, 1.54) is 20.3 Å². The number of rotatable bonds is 8. The third-order valence-electron chi connectivity index (χ3n) is 5.76. The molecule has 0 fully saturated rings. The van der Waals surface area contributed by atoms with E-state index in [9.17, 15) is 0 Å². The quantitative estimate of drug-likeness (QED) is 0.346. The Morgan fingerprint density at radius 1 is 1.08 bits per heavy atom. The summed E-state index contributed by atoms with van der Waals surface area (Å²) < 4.78 is 27.9. The summed E-state index contributed by atoms with van der Waals surface area (Å²) in [5, 5.41) is 4.20. The van der Waals surface area contributed by atoms with Gasteiger partial charge in [0.25, 0.3) is 0 Å². The number of nitrogens with one attached hydrogen (secondary N) is 1. The molecule has 0 bridgehead atoms. The molecule has 36 heavy (non-hydrogen) atoms. The van der Waals surface area contributed by atoms with Crippen molar-refractivity contribution in [1.82, 2.24) is 34.7 Å². The first-order valence-electron chi connectivity index (χ1n) is 11.3. The van der Waals surface area contributed by atoms with Crippen molar-refractivity contribution in [2.45, 2.75) is 19.9 Å². The van der Waals surface area contributed by atoms with Crippen molar-refractivity contribution >= 4 is 22.7 Å². The Labute approximate surface area is 206 Å². The van der Waals surface area contributed by atoms with Gasteiger partial charge in [-0.1, -0.05) is 6.92 Å². The molecule has 10 nitrogen and oxygen atoms in total. The van der Waals surface area contributed by atoms with Crippen LogP contribution in [0.3, 0.4) is 0 Å². The zero-order valence-corrected chi connectivity index (χ0v) is 20.4. The Morgan fingerprint density at radius 3 is 2.64 bits per heavy atom. The molecule has 184 valence electrons. The number of ether oxygens (including phenoxy) is 2. The normalized spacial score (nSPS) is 11.1. The Bertz CT molecular complexity index is 1530. The van der Waals surface area contributed by atoms with Crippen LogP contribution in [0.15, 0.2) is 49.1 Å². The molecule has 1 N–H and O–H groups in total. The van der Waals surface area contributed by atoms with E-state index in [4.69, 9.17) is 14.5 Å². The molecule has 0 atom stereocenters. The lowest BCUT2D eigenvalue weighted by atomic mass is 10.2.